The molecule has 0 bridgehead atoms. The number of rotatable bonds is 3. The first-order valence-corrected chi connectivity index (χ1v) is 7.94. The van der Waals surface area contributed by atoms with Gasteiger partial charge in [-0.05, 0) is 44.5 Å². The number of nitrogens with zero attached hydrogens (tertiary/aromatic N) is 4. The van der Waals surface area contributed by atoms with E-state index < -0.39 is 0 Å². The summed E-state index contributed by atoms with van der Waals surface area (Å²) in [4.78, 5) is 11.9. The number of halogens is 1. The first-order chi connectivity index (χ1) is 10.2. The molecular weight excluding hydrogens is 288 g/mol. The molecule has 0 saturated carbocycles. The van der Waals surface area contributed by atoms with E-state index in [0.717, 1.165) is 55.4 Å². The molecule has 0 spiro atoms. The summed E-state index contributed by atoms with van der Waals surface area (Å²) in [6.07, 6.45) is 2.58. The topological polar surface area (TPSA) is 43.2 Å². The molecule has 2 aliphatic heterocycles. The quantitative estimate of drug-likeness (QED) is 0.818. The Kier molecular flexibility index (Phi) is 3.36. The average Bonchev–Trinajstić information content (AvgIpc) is 2.98. The molecule has 0 radical (unpaired) electrons. The van der Waals surface area contributed by atoms with Gasteiger partial charge in [0.2, 0.25) is 0 Å². The van der Waals surface area contributed by atoms with Gasteiger partial charge >= 0.3 is 0 Å². The van der Waals surface area contributed by atoms with Crippen LogP contribution in [0, 0.1) is 6.92 Å². The van der Waals surface area contributed by atoms with Crippen molar-refractivity contribution in [3.05, 3.63) is 22.6 Å². The highest BCUT2D eigenvalue weighted by Crippen LogP contribution is 2.29. The highest BCUT2D eigenvalue weighted by Gasteiger charge is 2.28. The highest BCUT2D eigenvalue weighted by molar-refractivity contribution is 6.29. The third-order valence-corrected chi connectivity index (χ3v) is 4.62. The number of ether oxygens (including phenoxy) is 1. The monoisotopic (exact) mass is 306 g/mol. The molecule has 2 fully saturated rings. The largest absolute Gasteiger partial charge is 0.377 e. The van der Waals surface area contributed by atoms with Crippen LogP contribution in [-0.4, -0.2) is 45.7 Å². The molecule has 2 saturated heterocycles. The second-order valence-electron chi connectivity index (χ2n) is 6.01. The van der Waals surface area contributed by atoms with Gasteiger partial charge in [-0.2, -0.15) is 0 Å². The van der Waals surface area contributed by atoms with E-state index in [0.29, 0.717) is 11.2 Å². The molecule has 0 amide bonds. The number of imidazole rings is 1. The molecule has 4 rings (SSSR count). The summed E-state index contributed by atoms with van der Waals surface area (Å²) >= 11 is 6.15. The van der Waals surface area contributed by atoms with E-state index in [1.54, 1.807) is 0 Å². The van der Waals surface area contributed by atoms with Crippen molar-refractivity contribution in [1.82, 2.24) is 19.4 Å². The molecule has 0 N–H and O–H groups in total. The van der Waals surface area contributed by atoms with E-state index in [4.69, 9.17) is 21.3 Å². The van der Waals surface area contributed by atoms with Crippen LogP contribution in [-0.2, 0) is 11.3 Å². The number of pyridine rings is 1. The first-order valence-electron chi connectivity index (χ1n) is 7.56. The smallest absolute Gasteiger partial charge is 0.162 e. The second kappa shape index (κ2) is 5.23. The van der Waals surface area contributed by atoms with Crippen LogP contribution in [0.15, 0.2) is 6.07 Å². The number of likely N-dealkylation sites (tertiary alicyclic amines) is 1. The third-order valence-electron chi connectivity index (χ3n) is 4.43. The lowest BCUT2D eigenvalue weighted by Crippen LogP contribution is -2.33. The Morgan fingerprint density at radius 1 is 1.29 bits per heavy atom. The summed E-state index contributed by atoms with van der Waals surface area (Å²) in [6, 6.07) is 2.23. The van der Waals surface area contributed by atoms with Crippen LogP contribution in [0.2, 0.25) is 5.15 Å². The Labute approximate surface area is 128 Å². The summed E-state index contributed by atoms with van der Waals surface area (Å²) in [5.74, 6) is 1.10. The Morgan fingerprint density at radius 3 is 2.71 bits per heavy atom. The van der Waals surface area contributed by atoms with Crippen molar-refractivity contribution in [1.29, 1.82) is 0 Å². The van der Waals surface area contributed by atoms with E-state index in [-0.39, 0.29) is 0 Å². The molecule has 2 aromatic rings. The molecule has 5 nitrogen and oxygen atoms in total. The Hall–Kier alpha value is -1.17. The predicted octanol–water partition coefficient (Wildman–Crippen LogP) is 2.56. The summed E-state index contributed by atoms with van der Waals surface area (Å²) in [6.45, 7) is 6.75. The molecular formula is C15H19ClN4O. The summed E-state index contributed by atoms with van der Waals surface area (Å²) in [7, 11) is 0. The molecule has 2 aromatic heterocycles. The lowest BCUT2D eigenvalue weighted by atomic mass is 10.2. The lowest BCUT2D eigenvalue weighted by Gasteiger charge is -2.29. The van der Waals surface area contributed by atoms with Crippen LogP contribution in [0.5, 0.6) is 0 Å². The van der Waals surface area contributed by atoms with E-state index in [2.05, 4.69) is 14.5 Å². The van der Waals surface area contributed by atoms with E-state index in [1.807, 2.05) is 13.0 Å². The third kappa shape index (κ3) is 2.33. The Morgan fingerprint density at radius 2 is 2.05 bits per heavy atom. The maximum Gasteiger partial charge on any atom is 0.162 e. The van der Waals surface area contributed by atoms with Crippen molar-refractivity contribution < 1.29 is 4.74 Å². The number of hydrogen-bond acceptors (Lipinski definition) is 4. The maximum absolute atomic E-state index is 6.15. The molecule has 6 heteroatoms. The van der Waals surface area contributed by atoms with Crippen molar-refractivity contribution >= 4 is 22.8 Å². The van der Waals surface area contributed by atoms with E-state index in [9.17, 15) is 0 Å². The number of fused-ring (bicyclic) bond motifs is 1. The van der Waals surface area contributed by atoms with Gasteiger partial charge in [-0.15, -0.1) is 0 Å². The van der Waals surface area contributed by atoms with Gasteiger partial charge in [0, 0.05) is 0 Å². The first kappa shape index (κ1) is 13.5. The van der Waals surface area contributed by atoms with Crippen LogP contribution in [0.25, 0.3) is 11.2 Å². The molecule has 0 aromatic carbocycles. The van der Waals surface area contributed by atoms with E-state index >= 15 is 0 Å². The van der Waals surface area contributed by atoms with Crippen LogP contribution in [0.3, 0.4) is 0 Å². The molecule has 2 aliphatic rings. The predicted molar refractivity (Wildman–Crippen MR) is 81.6 cm³/mol. The van der Waals surface area contributed by atoms with Gasteiger partial charge in [-0.25, -0.2) is 9.97 Å². The minimum absolute atomic E-state index is 0.345. The van der Waals surface area contributed by atoms with Crippen molar-refractivity contribution in [2.45, 2.75) is 32.4 Å². The summed E-state index contributed by atoms with van der Waals surface area (Å²) in [5.41, 5.74) is 2.97. The van der Waals surface area contributed by atoms with E-state index in [1.165, 1.54) is 12.8 Å². The summed E-state index contributed by atoms with van der Waals surface area (Å²) < 4.78 is 7.62. The van der Waals surface area contributed by atoms with Crippen LogP contribution in [0.1, 0.15) is 30.3 Å². The number of hydrogen-bond donors (Lipinski definition) is 0. The van der Waals surface area contributed by atoms with Crippen molar-refractivity contribution in [2.24, 2.45) is 0 Å². The Bertz CT molecular complexity index is 674. The molecule has 0 unspecified atom stereocenters. The highest BCUT2D eigenvalue weighted by atomic mass is 35.5. The van der Waals surface area contributed by atoms with Crippen molar-refractivity contribution in [3.8, 4) is 0 Å². The molecule has 4 heterocycles. The van der Waals surface area contributed by atoms with Crippen molar-refractivity contribution in [2.75, 3.05) is 26.3 Å². The fraction of sp³-hybridized carbons (Fsp3) is 0.600. The SMILES string of the molecule is Cc1cc(Cl)nc2c1nc(CN1CCCC1)n2C1COC1. The van der Waals surface area contributed by atoms with Crippen LogP contribution in [0.4, 0.5) is 0 Å². The minimum Gasteiger partial charge on any atom is -0.377 e. The van der Waals surface area contributed by atoms with Gasteiger partial charge in [-0.3, -0.25) is 4.90 Å². The number of aryl methyl sites for hydroxylation is 1. The molecule has 21 heavy (non-hydrogen) atoms. The molecule has 0 atom stereocenters. The standard InChI is InChI=1S/C15H19ClN4O/c1-10-6-12(16)17-15-14(10)18-13(7-19-4-2-3-5-19)20(15)11-8-21-9-11/h6,11H,2-5,7-9H2,1H3. The normalized spacial score (nSPS) is 20.3. The van der Waals surface area contributed by atoms with Gasteiger partial charge in [0.1, 0.15) is 16.5 Å². The minimum atomic E-state index is 0.345. The fourth-order valence-electron chi connectivity index (χ4n) is 3.23. The zero-order valence-electron chi connectivity index (χ0n) is 12.2. The zero-order valence-corrected chi connectivity index (χ0v) is 12.9. The number of aromatic nitrogens is 3. The molecule has 112 valence electrons. The Balaban J connectivity index is 1.81. The van der Waals surface area contributed by atoms with Crippen molar-refractivity contribution in [3.63, 3.8) is 0 Å². The fourth-order valence-corrected chi connectivity index (χ4v) is 3.47. The van der Waals surface area contributed by atoms with Gasteiger partial charge in [0.15, 0.2) is 5.65 Å². The van der Waals surface area contributed by atoms with Crippen LogP contribution >= 0.6 is 11.6 Å². The van der Waals surface area contributed by atoms with Crippen LogP contribution < -0.4 is 0 Å². The lowest BCUT2D eigenvalue weighted by molar-refractivity contribution is -0.0235. The average molecular weight is 307 g/mol. The maximum atomic E-state index is 6.15. The van der Waals surface area contributed by atoms with Gasteiger partial charge < -0.3 is 9.30 Å². The summed E-state index contributed by atoms with van der Waals surface area (Å²) in [5, 5.41) is 0.536. The zero-order chi connectivity index (χ0) is 14.4. The second-order valence-corrected chi connectivity index (χ2v) is 6.39. The van der Waals surface area contributed by atoms with Gasteiger partial charge in [0.05, 0.1) is 25.8 Å². The van der Waals surface area contributed by atoms with Gasteiger partial charge in [-0.1, -0.05) is 11.6 Å². The van der Waals surface area contributed by atoms with Gasteiger partial charge in [0.25, 0.3) is 0 Å². The molecule has 0 aliphatic carbocycles.